The highest BCUT2D eigenvalue weighted by atomic mass is 16.6. The lowest BCUT2D eigenvalue weighted by Gasteiger charge is -2.41. The van der Waals surface area contributed by atoms with Crippen molar-refractivity contribution in [3.63, 3.8) is 0 Å². The maximum Gasteiger partial charge on any atom is 0.345 e. The van der Waals surface area contributed by atoms with E-state index in [0.29, 0.717) is 39.2 Å². The van der Waals surface area contributed by atoms with Crippen LogP contribution in [0.3, 0.4) is 0 Å². The molecule has 48 heavy (non-hydrogen) atoms. The lowest BCUT2D eigenvalue weighted by Crippen LogP contribution is -2.62. The molecule has 0 aromatic heterocycles. The molecule has 2 aromatic carbocycles. The number of benzene rings is 2. The minimum absolute atomic E-state index is 0.0892. The van der Waals surface area contributed by atoms with E-state index in [4.69, 9.17) is 23.7 Å². The molecule has 1 fully saturated rings. The average molecular weight is 670 g/mol. The van der Waals surface area contributed by atoms with Gasteiger partial charge in [-0.2, -0.15) is 0 Å². The third-order valence-corrected chi connectivity index (χ3v) is 7.39. The molecule has 0 saturated heterocycles. The summed E-state index contributed by atoms with van der Waals surface area (Å²) in [5, 5.41) is 9.14. The zero-order valence-corrected chi connectivity index (χ0v) is 27.1. The molecular weight excluding hydrogens is 626 g/mol. The quantitative estimate of drug-likeness (QED) is 0.0749. The second kappa shape index (κ2) is 20.8. The third kappa shape index (κ3) is 13.4. The van der Waals surface area contributed by atoms with Gasteiger partial charge >= 0.3 is 29.8 Å². The lowest BCUT2D eigenvalue weighted by molar-refractivity contribution is -0.152. The topological polar surface area (TPSA) is 185 Å². The fourth-order valence-electron chi connectivity index (χ4n) is 4.63. The fourth-order valence-corrected chi connectivity index (χ4v) is 4.63. The number of carbonyl (C=O) groups is 6. The molecule has 0 heterocycles. The van der Waals surface area contributed by atoms with Crippen LogP contribution in [0.2, 0.25) is 0 Å². The van der Waals surface area contributed by atoms with Crippen molar-refractivity contribution in [1.82, 2.24) is 16.0 Å². The SMILES string of the molecule is CNCCOCCOCCOC(=O)[C@H](CC(=O)OC(=O)c1ccccc1)NC1CCC1N[C@@H](CC(=O)OC(=O)c1ccccc1)C(C)=O. The standard InChI is InChI=1S/C34H43N3O11/c1-23(38)28(21-30(39)47-32(41)24-9-5-3-6-10-24)36-26-13-14-27(26)37-29(22-31(40)48-33(42)25-11-7-4-8-12-25)34(43)46-20-19-45-18-17-44-16-15-35-2/h3-12,26-29,35-37H,13-22H2,1-2H3/t26?,27?,28-,29-/m0/s1. The Morgan fingerprint density at radius 3 is 1.60 bits per heavy atom. The highest BCUT2D eigenvalue weighted by molar-refractivity contribution is 5.98. The predicted octanol–water partition coefficient (Wildman–Crippen LogP) is 1.37. The predicted molar refractivity (Wildman–Crippen MR) is 171 cm³/mol. The molecule has 1 aliphatic rings. The van der Waals surface area contributed by atoms with Crippen LogP contribution in [0.15, 0.2) is 60.7 Å². The molecule has 1 aliphatic carbocycles. The molecule has 1 saturated carbocycles. The molecule has 0 radical (unpaired) electrons. The fraction of sp³-hybridized carbons (Fsp3) is 0.471. The summed E-state index contributed by atoms with van der Waals surface area (Å²) < 4.78 is 26.0. The first-order valence-corrected chi connectivity index (χ1v) is 15.8. The zero-order chi connectivity index (χ0) is 34.7. The van der Waals surface area contributed by atoms with Crippen molar-refractivity contribution in [2.45, 2.75) is 56.8 Å². The van der Waals surface area contributed by atoms with Crippen molar-refractivity contribution in [1.29, 1.82) is 0 Å². The monoisotopic (exact) mass is 669 g/mol. The molecule has 0 aliphatic heterocycles. The van der Waals surface area contributed by atoms with Gasteiger partial charge in [-0.1, -0.05) is 36.4 Å². The summed E-state index contributed by atoms with van der Waals surface area (Å²) in [6, 6.07) is 13.0. The van der Waals surface area contributed by atoms with Crippen molar-refractivity contribution in [3.05, 3.63) is 71.8 Å². The summed E-state index contributed by atoms with van der Waals surface area (Å²) in [6.07, 6.45) is 0.252. The van der Waals surface area contributed by atoms with Crippen LogP contribution in [-0.4, -0.2) is 106 Å². The minimum Gasteiger partial charge on any atom is -0.462 e. The van der Waals surface area contributed by atoms with Gasteiger partial charge in [-0.3, -0.25) is 24.5 Å². The molecule has 260 valence electrons. The van der Waals surface area contributed by atoms with E-state index < -0.39 is 60.8 Å². The van der Waals surface area contributed by atoms with Crippen LogP contribution in [0, 0.1) is 0 Å². The molecule has 4 atom stereocenters. The maximum absolute atomic E-state index is 13.1. The van der Waals surface area contributed by atoms with E-state index in [0.717, 1.165) is 0 Å². The van der Waals surface area contributed by atoms with Crippen LogP contribution >= 0.6 is 0 Å². The van der Waals surface area contributed by atoms with Crippen LogP contribution in [0.1, 0.15) is 53.3 Å². The molecule has 0 amide bonds. The van der Waals surface area contributed by atoms with Gasteiger partial charge < -0.3 is 34.3 Å². The van der Waals surface area contributed by atoms with Gasteiger partial charge in [0.05, 0.1) is 56.4 Å². The highest BCUT2D eigenvalue weighted by Gasteiger charge is 2.38. The van der Waals surface area contributed by atoms with Gasteiger partial charge in [0.1, 0.15) is 18.4 Å². The van der Waals surface area contributed by atoms with E-state index in [1.165, 1.54) is 31.2 Å². The Balaban J connectivity index is 1.56. The smallest absolute Gasteiger partial charge is 0.345 e. The van der Waals surface area contributed by atoms with Crippen molar-refractivity contribution in [2.75, 3.05) is 46.6 Å². The van der Waals surface area contributed by atoms with Gasteiger partial charge in [0, 0.05) is 18.6 Å². The number of ether oxygens (including phenoxy) is 5. The Kier molecular flexibility index (Phi) is 16.5. The molecule has 0 spiro atoms. The molecule has 14 nitrogen and oxygen atoms in total. The first-order chi connectivity index (χ1) is 23.2. The van der Waals surface area contributed by atoms with E-state index in [9.17, 15) is 28.8 Å². The summed E-state index contributed by atoms with van der Waals surface area (Å²) in [7, 11) is 1.82. The van der Waals surface area contributed by atoms with E-state index in [-0.39, 0.29) is 36.2 Å². The summed E-state index contributed by atoms with van der Waals surface area (Å²) in [6.45, 7) is 3.24. The van der Waals surface area contributed by atoms with Gasteiger partial charge in [-0.25, -0.2) is 9.59 Å². The average Bonchev–Trinajstić information content (AvgIpc) is 3.07. The van der Waals surface area contributed by atoms with Crippen molar-refractivity contribution < 1.29 is 52.5 Å². The van der Waals surface area contributed by atoms with E-state index in [1.807, 2.05) is 7.05 Å². The number of ketones is 1. The molecular formula is C34H43N3O11. The van der Waals surface area contributed by atoms with Gasteiger partial charge in [-0.05, 0) is 51.1 Å². The number of likely N-dealkylation sites (N-methyl/N-ethyl adjacent to an activating group) is 1. The molecule has 2 aromatic rings. The Bertz CT molecular complexity index is 1360. The minimum atomic E-state index is -1.19. The van der Waals surface area contributed by atoms with Gasteiger partial charge in [0.15, 0.2) is 0 Å². The Hall–Kier alpha value is -4.34. The molecule has 3 N–H and O–H groups in total. The Morgan fingerprint density at radius 1 is 0.667 bits per heavy atom. The molecule has 0 bridgehead atoms. The number of hydrogen-bond donors (Lipinski definition) is 3. The van der Waals surface area contributed by atoms with E-state index in [1.54, 1.807) is 36.4 Å². The van der Waals surface area contributed by atoms with Crippen LogP contribution in [0.4, 0.5) is 0 Å². The number of Topliss-reactive ketones (excluding diaryl/α,β-unsaturated/α-hetero) is 1. The van der Waals surface area contributed by atoms with Crippen LogP contribution in [0.5, 0.6) is 0 Å². The summed E-state index contributed by atoms with van der Waals surface area (Å²) in [5.74, 6) is -4.61. The van der Waals surface area contributed by atoms with Crippen molar-refractivity contribution >= 4 is 35.6 Å². The molecule has 3 rings (SSSR count). The normalized spacial score (nSPS) is 16.5. The highest BCUT2D eigenvalue weighted by Crippen LogP contribution is 2.23. The largest absolute Gasteiger partial charge is 0.462 e. The van der Waals surface area contributed by atoms with E-state index in [2.05, 4.69) is 16.0 Å². The van der Waals surface area contributed by atoms with Gasteiger partial charge in [0.2, 0.25) is 0 Å². The number of nitrogens with one attached hydrogen (secondary N) is 3. The first kappa shape index (κ1) is 38.1. The zero-order valence-electron chi connectivity index (χ0n) is 27.1. The lowest BCUT2D eigenvalue weighted by atomic mass is 9.84. The Morgan fingerprint density at radius 2 is 1.12 bits per heavy atom. The Labute approximate surface area is 279 Å². The summed E-state index contributed by atoms with van der Waals surface area (Å²) >= 11 is 0. The number of carbonyl (C=O) groups excluding carboxylic acids is 6. The summed E-state index contributed by atoms with van der Waals surface area (Å²) in [4.78, 5) is 75.4. The van der Waals surface area contributed by atoms with Crippen molar-refractivity contribution in [2.24, 2.45) is 0 Å². The number of esters is 5. The number of rotatable bonds is 21. The second-order valence-electron chi connectivity index (χ2n) is 11.0. The van der Waals surface area contributed by atoms with Gasteiger partial charge in [0.25, 0.3) is 0 Å². The second-order valence-corrected chi connectivity index (χ2v) is 11.0. The van der Waals surface area contributed by atoms with Crippen molar-refractivity contribution in [3.8, 4) is 0 Å². The molecule has 14 heteroatoms. The van der Waals surface area contributed by atoms with Gasteiger partial charge in [-0.15, -0.1) is 0 Å². The maximum atomic E-state index is 13.1. The first-order valence-electron chi connectivity index (χ1n) is 15.8. The number of hydrogen-bond acceptors (Lipinski definition) is 14. The van der Waals surface area contributed by atoms with Crippen LogP contribution in [0.25, 0.3) is 0 Å². The molecule has 2 unspecified atom stereocenters. The van der Waals surface area contributed by atoms with Crippen LogP contribution < -0.4 is 16.0 Å². The summed E-state index contributed by atoms with van der Waals surface area (Å²) in [5.41, 5.74) is 0.372. The van der Waals surface area contributed by atoms with Crippen LogP contribution in [-0.2, 0) is 42.9 Å². The van der Waals surface area contributed by atoms with E-state index >= 15 is 0 Å². The third-order valence-electron chi connectivity index (χ3n) is 7.39.